The number of anilines is 2. The normalized spacial score (nSPS) is 10.9. The molecule has 2 aromatic carbocycles. The molecule has 2 aromatic rings. The standard InChI is InChI=1S/C17H17FN2/c1-17(2,3)13-5-7-14(8-6-13)20-16-9-4-12(11-19)10-15(16)18/h4-10,20H,1-3H3. The van der Waals surface area contributed by atoms with E-state index in [0.29, 0.717) is 11.3 Å². The van der Waals surface area contributed by atoms with Gasteiger partial charge in [-0.1, -0.05) is 32.9 Å². The highest BCUT2D eigenvalue weighted by molar-refractivity contribution is 5.61. The lowest BCUT2D eigenvalue weighted by Gasteiger charge is -2.19. The Labute approximate surface area is 118 Å². The molecule has 0 saturated heterocycles. The zero-order chi connectivity index (χ0) is 14.8. The van der Waals surface area contributed by atoms with Crippen LogP contribution in [0.25, 0.3) is 0 Å². The molecule has 0 unspecified atom stereocenters. The van der Waals surface area contributed by atoms with Crippen molar-refractivity contribution in [1.29, 1.82) is 5.26 Å². The Morgan fingerprint density at radius 3 is 2.20 bits per heavy atom. The molecular formula is C17H17FN2. The summed E-state index contributed by atoms with van der Waals surface area (Å²) in [6.45, 7) is 6.45. The zero-order valence-corrected chi connectivity index (χ0v) is 11.9. The van der Waals surface area contributed by atoms with Crippen LogP contribution in [0.15, 0.2) is 42.5 Å². The van der Waals surface area contributed by atoms with E-state index in [2.05, 4.69) is 26.1 Å². The maximum absolute atomic E-state index is 13.8. The van der Waals surface area contributed by atoms with Gasteiger partial charge in [0.25, 0.3) is 0 Å². The topological polar surface area (TPSA) is 35.8 Å². The maximum Gasteiger partial charge on any atom is 0.147 e. The third-order valence-electron chi connectivity index (χ3n) is 3.13. The molecule has 0 spiro atoms. The second kappa shape index (κ2) is 5.34. The van der Waals surface area contributed by atoms with Gasteiger partial charge in [0, 0.05) is 5.69 Å². The van der Waals surface area contributed by atoms with Crippen LogP contribution in [-0.2, 0) is 5.41 Å². The molecule has 0 bridgehead atoms. The molecule has 0 radical (unpaired) electrons. The Morgan fingerprint density at radius 2 is 1.70 bits per heavy atom. The van der Waals surface area contributed by atoms with Crippen molar-refractivity contribution in [2.45, 2.75) is 26.2 Å². The molecule has 20 heavy (non-hydrogen) atoms. The number of benzene rings is 2. The number of nitriles is 1. The summed E-state index contributed by atoms with van der Waals surface area (Å²) < 4.78 is 13.8. The van der Waals surface area contributed by atoms with Crippen LogP contribution in [0.5, 0.6) is 0 Å². The van der Waals surface area contributed by atoms with Crippen LogP contribution in [-0.4, -0.2) is 0 Å². The van der Waals surface area contributed by atoms with E-state index < -0.39 is 5.82 Å². The first kappa shape index (κ1) is 14.1. The summed E-state index contributed by atoms with van der Waals surface area (Å²) in [5.41, 5.74) is 2.83. The van der Waals surface area contributed by atoms with Crippen molar-refractivity contribution < 1.29 is 4.39 Å². The Hall–Kier alpha value is -2.34. The van der Waals surface area contributed by atoms with Gasteiger partial charge in [-0.15, -0.1) is 0 Å². The van der Waals surface area contributed by atoms with Crippen molar-refractivity contribution in [2.75, 3.05) is 5.32 Å². The summed E-state index contributed by atoms with van der Waals surface area (Å²) in [5, 5.41) is 11.7. The molecular weight excluding hydrogens is 251 g/mol. The van der Waals surface area contributed by atoms with Crippen LogP contribution in [0.1, 0.15) is 31.9 Å². The summed E-state index contributed by atoms with van der Waals surface area (Å²) in [5.74, 6) is -0.427. The van der Waals surface area contributed by atoms with Crippen molar-refractivity contribution >= 4 is 11.4 Å². The Kier molecular flexibility index (Phi) is 3.76. The monoisotopic (exact) mass is 268 g/mol. The van der Waals surface area contributed by atoms with Gasteiger partial charge in [0.1, 0.15) is 5.82 Å². The van der Waals surface area contributed by atoms with Crippen LogP contribution in [0.3, 0.4) is 0 Å². The third kappa shape index (κ3) is 3.16. The number of nitrogens with zero attached hydrogens (tertiary/aromatic N) is 1. The Bertz CT molecular complexity index is 646. The zero-order valence-electron chi connectivity index (χ0n) is 11.9. The third-order valence-corrected chi connectivity index (χ3v) is 3.13. The van der Waals surface area contributed by atoms with E-state index in [0.717, 1.165) is 5.69 Å². The van der Waals surface area contributed by atoms with Gasteiger partial charge in [-0.25, -0.2) is 4.39 Å². The number of halogens is 1. The molecule has 0 aliphatic carbocycles. The van der Waals surface area contributed by atoms with Gasteiger partial charge in [-0.2, -0.15) is 5.26 Å². The molecule has 2 rings (SSSR count). The molecule has 0 saturated carbocycles. The lowest BCUT2D eigenvalue weighted by molar-refractivity contribution is 0.590. The minimum absolute atomic E-state index is 0.0955. The number of rotatable bonds is 2. The Balaban J connectivity index is 2.21. The average Bonchev–Trinajstić information content (AvgIpc) is 2.40. The van der Waals surface area contributed by atoms with E-state index in [1.54, 1.807) is 12.1 Å². The lowest BCUT2D eigenvalue weighted by atomic mass is 9.87. The number of hydrogen-bond acceptors (Lipinski definition) is 2. The first-order chi connectivity index (χ1) is 9.40. The molecule has 0 atom stereocenters. The molecule has 3 heteroatoms. The second-order valence-corrected chi connectivity index (χ2v) is 5.76. The van der Waals surface area contributed by atoms with Gasteiger partial charge in [0.2, 0.25) is 0 Å². The van der Waals surface area contributed by atoms with Crippen molar-refractivity contribution in [1.82, 2.24) is 0 Å². The molecule has 0 aliphatic rings. The van der Waals surface area contributed by atoms with Crippen LogP contribution in [0.4, 0.5) is 15.8 Å². The first-order valence-electron chi connectivity index (χ1n) is 6.47. The van der Waals surface area contributed by atoms with Gasteiger partial charge in [-0.3, -0.25) is 0 Å². The van der Waals surface area contributed by atoms with E-state index in [-0.39, 0.29) is 5.41 Å². The molecule has 0 fully saturated rings. The minimum Gasteiger partial charge on any atom is -0.353 e. The predicted octanol–water partition coefficient (Wildman–Crippen LogP) is 4.74. The van der Waals surface area contributed by atoms with E-state index in [9.17, 15) is 4.39 Å². The summed E-state index contributed by atoms with van der Waals surface area (Å²) in [6, 6.07) is 14.2. The summed E-state index contributed by atoms with van der Waals surface area (Å²) in [7, 11) is 0. The van der Waals surface area contributed by atoms with Gasteiger partial charge in [0.05, 0.1) is 17.3 Å². The highest BCUT2D eigenvalue weighted by Gasteiger charge is 2.13. The van der Waals surface area contributed by atoms with Crippen LogP contribution < -0.4 is 5.32 Å². The molecule has 0 heterocycles. The second-order valence-electron chi connectivity index (χ2n) is 5.76. The van der Waals surface area contributed by atoms with Crippen LogP contribution >= 0.6 is 0 Å². The van der Waals surface area contributed by atoms with Crippen molar-refractivity contribution in [2.24, 2.45) is 0 Å². The Morgan fingerprint density at radius 1 is 1.05 bits per heavy atom. The van der Waals surface area contributed by atoms with E-state index in [1.165, 1.54) is 11.6 Å². The smallest absolute Gasteiger partial charge is 0.147 e. The molecule has 0 amide bonds. The fourth-order valence-electron chi connectivity index (χ4n) is 1.90. The molecule has 102 valence electrons. The van der Waals surface area contributed by atoms with Crippen LogP contribution in [0.2, 0.25) is 0 Å². The van der Waals surface area contributed by atoms with E-state index in [1.807, 2.05) is 30.3 Å². The molecule has 0 aliphatic heterocycles. The number of hydrogen-bond donors (Lipinski definition) is 1. The largest absolute Gasteiger partial charge is 0.353 e. The minimum atomic E-state index is -0.427. The number of nitrogens with one attached hydrogen (secondary N) is 1. The summed E-state index contributed by atoms with van der Waals surface area (Å²) >= 11 is 0. The quantitative estimate of drug-likeness (QED) is 0.854. The fourth-order valence-corrected chi connectivity index (χ4v) is 1.90. The molecule has 1 N–H and O–H groups in total. The first-order valence-corrected chi connectivity index (χ1v) is 6.47. The summed E-state index contributed by atoms with van der Waals surface area (Å²) in [4.78, 5) is 0. The van der Waals surface area contributed by atoms with Gasteiger partial charge < -0.3 is 5.32 Å². The van der Waals surface area contributed by atoms with Gasteiger partial charge >= 0.3 is 0 Å². The average molecular weight is 268 g/mol. The highest BCUT2D eigenvalue weighted by Crippen LogP contribution is 2.25. The van der Waals surface area contributed by atoms with Gasteiger partial charge in [-0.05, 0) is 41.3 Å². The van der Waals surface area contributed by atoms with E-state index >= 15 is 0 Å². The predicted molar refractivity (Wildman–Crippen MR) is 79.5 cm³/mol. The summed E-state index contributed by atoms with van der Waals surface area (Å²) in [6.07, 6.45) is 0. The lowest BCUT2D eigenvalue weighted by Crippen LogP contribution is -2.10. The molecule has 2 nitrogen and oxygen atoms in total. The van der Waals surface area contributed by atoms with Crippen LogP contribution in [0, 0.1) is 17.1 Å². The highest BCUT2D eigenvalue weighted by atomic mass is 19.1. The van der Waals surface area contributed by atoms with Crippen molar-refractivity contribution in [3.05, 3.63) is 59.4 Å². The SMILES string of the molecule is CC(C)(C)c1ccc(Nc2ccc(C#N)cc2F)cc1. The maximum atomic E-state index is 13.8. The molecule has 0 aromatic heterocycles. The van der Waals surface area contributed by atoms with Crippen molar-refractivity contribution in [3.8, 4) is 6.07 Å². The van der Waals surface area contributed by atoms with Gasteiger partial charge in [0.15, 0.2) is 0 Å². The fraction of sp³-hybridized carbons (Fsp3) is 0.235. The van der Waals surface area contributed by atoms with Crippen molar-refractivity contribution in [3.63, 3.8) is 0 Å². The van der Waals surface area contributed by atoms with E-state index in [4.69, 9.17) is 5.26 Å².